The maximum absolute atomic E-state index is 13.2. The van der Waals surface area contributed by atoms with Gasteiger partial charge in [-0.3, -0.25) is 4.79 Å². The summed E-state index contributed by atoms with van der Waals surface area (Å²) in [6, 6.07) is 10.1. The Morgan fingerprint density at radius 2 is 1.79 bits per heavy atom. The van der Waals surface area contributed by atoms with Crippen LogP contribution in [-0.2, 0) is 6.54 Å². The number of fused-ring (bicyclic) bond motifs is 1. The number of nitrogens with one attached hydrogen (secondary N) is 1. The van der Waals surface area contributed by atoms with Crippen LogP contribution in [0.5, 0.6) is 23.0 Å². The molecule has 6 heteroatoms. The average molecular weight is 395 g/mol. The number of hydrogen-bond acceptors (Lipinski definition) is 5. The van der Waals surface area contributed by atoms with Gasteiger partial charge in [0.25, 0.3) is 0 Å². The second-order valence-electron chi connectivity index (χ2n) is 7.48. The summed E-state index contributed by atoms with van der Waals surface area (Å²) >= 11 is 0. The molecule has 1 aromatic heterocycles. The van der Waals surface area contributed by atoms with E-state index in [4.69, 9.17) is 13.9 Å². The number of likely N-dealkylation sites (tertiary alicyclic amines) is 1. The van der Waals surface area contributed by atoms with Gasteiger partial charge in [-0.2, -0.15) is 0 Å². The number of aryl methyl sites for hydroxylation is 1. The number of ether oxygens (including phenoxy) is 2. The van der Waals surface area contributed by atoms with Crippen molar-refractivity contribution in [1.82, 2.24) is 0 Å². The highest BCUT2D eigenvalue weighted by Gasteiger charge is 2.21. The van der Waals surface area contributed by atoms with Gasteiger partial charge in [0.05, 0.1) is 25.6 Å². The first-order chi connectivity index (χ1) is 14.1. The minimum Gasteiger partial charge on any atom is -0.872 e. The SMILES string of the molecule is COc1ccccc1Oc1c(C)oc2c(C[NH+]3CCCCC3)c([O-])ccc2c1=O. The molecule has 1 saturated heterocycles. The zero-order valence-electron chi connectivity index (χ0n) is 16.7. The van der Waals surface area contributed by atoms with Gasteiger partial charge in [0.2, 0.25) is 11.2 Å². The highest BCUT2D eigenvalue weighted by Crippen LogP contribution is 2.33. The van der Waals surface area contributed by atoms with Gasteiger partial charge >= 0.3 is 0 Å². The Kier molecular flexibility index (Phi) is 5.45. The van der Waals surface area contributed by atoms with Gasteiger partial charge in [0.1, 0.15) is 17.9 Å². The molecule has 2 aromatic carbocycles. The van der Waals surface area contributed by atoms with Crippen molar-refractivity contribution in [3.8, 4) is 23.0 Å². The Balaban J connectivity index is 1.77. The fourth-order valence-electron chi connectivity index (χ4n) is 3.96. The Morgan fingerprint density at radius 1 is 1.07 bits per heavy atom. The molecule has 0 amide bonds. The molecule has 1 aliphatic rings. The lowest BCUT2D eigenvalue weighted by molar-refractivity contribution is -0.918. The third-order valence-corrected chi connectivity index (χ3v) is 5.51. The summed E-state index contributed by atoms with van der Waals surface area (Å²) in [5, 5.41) is 12.9. The van der Waals surface area contributed by atoms with Gasteiger partial charge in [-0.25, -0.2) is 0 Å². The Bertz CT molecular complexity index is 1080. The first-order valence-corrected chi connectivity index (χ1v) is 9.99. The van der Waals surface area contributed by atoms with E-state index in [0.717, 1.165) is 25.9 Å². The van der Waals surface area contributed by atoms with Gasteiger partial charge in [0.15, 0.2) is 11.5 Å². The van der Waals surface area contributed by atoms with E-state index in [1.165, 1.54) is 23.5 Å². The van der Waals surface area contributed by atoms with Crippen LogP contribution in [0, 0.1) is 6.92 Å². The van der Waals surface area contributed by atoms with E-state index < -0.39 is 0 Å². The highest BCUT2D eigenvalue weighted by atomic mass is 16.5. The van der Waals surface area contributed by atoms with E-state index >= 15 is 0 Å². The third kappa shape index (κ3) is 3.80. The summed E-state index contributed by atoms with van der Waals surface area (Å²) < 4.78 is 17.2. The molecule has 0 spiro atoms. The molecule has 2 heterocycles. The van der Waals surface area contributed by atoms with Crippen molar-refractivity contribution >= 4 is 11.0 Å². The van der Waals surface area contributed by atoms with E-state index in [0.29, 0.717) is 40.3 Å². The lowest BCUT2D eigenvalue weighted by Crippen LogP contribution is -3.11. The number of benzene rings is 2. The largest absolute Gasteiger partial charge is 0.872 e. The van der Waals surface area contributed by atoms with E-state index in [2.05, 4.69) is 0 Å². The fourth-order valence-corrected chi connectivity index (χ4v) is 3.96. The van der Waals surface area contributed by atoms with Crippen LogP contribution in [0.4, 0.5) is 0 Å². The molecule has 0 radical (unpaired) electrons. The van der Waals surface area contributed by atoms with Crippen molar-refractivity contribution in [3.63, 3.8) is 0 Å². The van der Waals surface area contributed by atoms with E-state index in [-0.39, 0.29) is 16.9 Å². The Labute approximate surface area is 169 Å². The minimum absolute atomic E-state index is 0.0866. The van der Waals surface area contributed by atoms with Gasteiger partial charge in [-0.15, -0.1) is 0 Å². The standard InChI is InChI=1S/C23H25NO5/c1-15-22(29-20-9-5-4-8-19(20)27-2)21(26)16-10-11-18(25)17(23(16)28-15)14-24-12-6-3-7-13-24/h4-5,8-11,25H,3,6-7,12-14H2,1-2H3. The number of hydrogen-bond donors (Lipinski definition) is 1. The number of piperidine rings is 1. The van der Waals surface area contributed by atoms with E-state index in [1.807, 2.05) is 6.07 Å². The summed E-state index contributed by atoms with van der Waals surface area (Å²) in [6.45, 7) is 4.33. The smallest absolute Gasteiger partial charge is 0.235 e. The van der Waals surface area contributed by atoms with Crippen molar-refractivity contribution in [3.05, 3.63) is 57.9 Å². The predicted molar refractivity (Wildman–Crippen MR) is 108 cm³/mol. The normalized spacial score (nSPS) is 14.8. The fraction of sp³-hybridized carbons (Fsp3) is 0.348. The maximum atomic E-state index is 13.2. The summed E-state index contributed by atoms with van der Waals surface area (Å²) in [5.74, 6) is 1.32. The second-order valence-corrected chi connectivity index (χ2v) is 7.48. The molecule has 0 aliphatic carbocycles. The molecule has 0 bridgehead atoms. The minimum atomic E-state index is -0.287. The molecule has 0 atom stereocenters. The number of rotatable bonds is 5. The predicted octanol–water partition coefficient (Wildman–Crippen LogP) is 2.54. The summed E-state index contributed by atoms with van der Waals surface area (Å²) in [6.07, 6.45) is 3.56. The monoisotopic (exact) mass is 395 g/mol. The van der Waals surface area contributed by atoms with Crippen LogP contribution < -0.4 is 24.9 Å². The van der Waals surface area contributed by atoms with Gasteiger partial charge in [0, 0.05) is 5.56 Å². The molecule has 29 heavy (non-hydrogen) atoms. The molecule has 152 valence electrons. The van der Waals surface area contributed by atoms with Gasteiger partial charge in [-0.1, -0.05) is 23.9 Å². The zero-order valence-corrected chi connectivity index (χ0v) is 16.7. The molecule has 3 aromatic rings. The zero-order chi connectivity index (χ0) is 20.4. The number of quaternary nitrogens is 1. The van der Waals surface area contributed by atoms with Crippen LogP contribution >= 0.6 is 0 Å². The number of methoxy groups -OCH3 is 1. The summed E-state index contributed by atoms with van der Waals surface area (Å²) in [4.78, 5) is 14.5. The molecule has 4 rings (SSSR count). The van der Waals surface area contributed by atoms with E-state index in [1.54, 1.807) is 32.2 Å². The maximum Gasteiger partial charge on any atom is 0.235 e. The first kappa shape index (κ1) is 19.3. The molecule has 6 nitrogen and oxygen atoms in total. The molecular weight excluding hydrogens is 370 g/mol. The van der Waals surface area contributed by atoms with Crippen LogP contribution in [0.2, 0.25) is 0 Å². The molecule has 1 aliphatic heterocycles. The molecule has 1 fully saturated rings. The van der Waals surface area contributed by atoms with Gasteiger partial charge in [-0.05, 0) is 44.4 Å². The Hall–Kier alpha value is -2.99. The molecule has 1 N–H and O–H groups in total. The van der Waals surface area contributed by atoms with Crippen LogP contribution in [-0.4, -0.2) is 20.2 Å². The van der Waals surface area contributed by atoms with Crippen LogP contribution in [0.3, 0.4) is 0 Å². The highest BCUT2D eigenvalue weighted by molar-refractivity contribution is 5.83. The van der Waals surface area contributed by atoms with Crippen molar-refractivity contribution in [2.45, 2.75) is 32.7 Å². The average Bonchev–Trinajstić information content (AvgIpc) is 2.74. The molecular formula is C23H25NO5. The van der Waals surface area contributed by atoms with Crippen LogP contribution in [0.15, 0.2) is 45.6 Å². The van der Waals surface area contributed by atoms with Crippen LogP contribution in [0.1, 0.15) is 30.6 Å². The summed E-state index contributed by atoms with van der Waals surface area (Å²) in [5.41, 5.74) is 0.665. The molecule has 0 unspecified atom stereocenters. The molecule has 0 saturated carbocycles. The summed E-state index contributed by atoms with van der Waals surface area (Å²) in [7, 11) is 1.54. The van der Waals surface area contributed by atoms with Crippen molar-refractivity contribution in [1.29, 1.82) is 0 Å². The second kappa shape index (κ2) is 8.17. The number of para-hydroxylation sites is 2. The topological polar surface area (TPSA) is 76.2 Å². The van der Waals surface area contributed by atoms with Gasteiger partial charge < -0.3 is 23.9 Å². The quantitative estimate of drug-likeness (QED) is 0.719. The van der Waals surface area contributed by atoms with Crippen molar-refractivity contribution in [2.24, 2.45) is 0 Å². The van der Waals surface area contributed by atoms with Crippen molar-refractivity contribution < 1.29 is 23.9 Å². The van der Waals surface area contributed by atoms with E-state index in [9.17, 15) is 9.90 Å². The van der Waals surface area contributed by atoms with Crippen LogP contribution in [0.25, 0.3) is 11.0 Å². The lowest BCUT2D eigenvalue weighted by Gasteiger charge is -2.26. The van der Waals surface area contributed by atoms with Crippen molar-refractivity contribution in [2.75, 3.05) is 20.2 Å². The third-order valence-electron chi connectivity index (χ3n) is 5.51. The first-order valence-electron chi connectivity index (χ1n) is 9.99. The lowest BCUT2D eigenvalue weighted by atomic mass is 10.1. The Morgan fingerprint density at radius 3 is 2.52 bits per heavy atom.